The van der Waals surface area contributed by atoms with Crippen LogP contribution in [0.5, 0.6) is 0 Å². The van der Waals surface area contributed by atoms with Gasteiger partial charge >= 0.3 is 0 Å². The summed E-state index contributed by atoms with van der Waals surface area (Å²) in [6, 6.07) is 4.84. The highest BCUT2D eigenvalue weighted by Gasteiger charge is 2.21. The zero-order valence-electron chi connectivity index (χ0n) is 14.4. The van der Waals surface area contributed by atoms with Gasteiger partial charge in [0.05, 0.1) is 10.6 Å². The number of hydrogen-bond donors (Lipinski definition) is 3. The fourth-order valence-electron chi connectivity index (χ4n) is 1.89. The average molecular weight is 340 g/mol. The van der Waals surface area contributed by atoms with Crippen molar-refractivity contribution in [2.45, 2.75) is 46.6 Å². The van der Waals surface area contributed by atoms with Gasteiger partial charge in [0.25, 0.3) is 5.91 Å². The third-order valence-corrected chi connectivity index (χ3v) is 3.48. The molecule has 0 spiro atoms. The van der Waals surface area contributed by atoms with Gasteiger partial charge in [0.2, 0.25) is 5.91 Å². The van der Waals surface area contributed by atoms with Crippen molar-refractivity contribution >= 4 is 29.1 Å². The number of nitrogens with two attached hydrogens (primary N) is 1. The molecule has 0 atom stereocenters. The molecule has 6 heteroatoms. The van der Waals surface area contributed by atoms with Crippen LogP contribution >= 0.6 is 11.6 Å². The summed E-state index contributed by atoms with van der Waals surface area (Å²) in [5.74, 6) is -0.425. The van der Waals surface area contributed by atoms with E-state index >= 15 is 0 Å². The number of benzene rings is 1. The Bertz CT molecular complexity index is 592. The van der Waals surface area contributed by atoms with Gasteiger partial charge in [-0.3, -0.25) is 9.59 Å². The first-order chi connectivity index (χ1) is 10.4. The fourth-order valence-corrected chi connectivity index (χ4v) is 2.09. The number of halogens is 1. The molecule has 0 aliphatic carbocycles. The van der Waals surface area contributed by atoms with E-state index in [1.54, 1.807) is 18.2 Å². The molecule has 128 valence electrons. The number of carbonyl (C=O) groups excluding carboxylic acids is 2. The summed E-state index contributed by atoms with van der Waals surface area (Å²) >= 11 is 6.10. The van der Waals surface area contributed by atoms with Gasteiger partial charge in [-0.05, 0) is 37.5 Å². The second-order valence-corrected chi connectivity index (χ2v) is 7.93. The van der Waals surface area contributed by atoms with Crippen LogP contribution in [0.1, 0.15) is 51.4 Å². The van der Waals surface area contributed by atoms with Crippen LogP contribution in [0.3, 0.4) is 0 Å². The van der Waals surface area contributed by atoms with Crippen LogP contribution in [0.4, 0.5) is 5.69 Å². The van der Waals surface area contributed by atoms with Crippen LogP contribution in [-0.4, -0.2) is 23.9 Å². The predicted molar refractivity (Wildman–Crippen MR) is 94.8 cm³/mol. The smallest absolute Gasteiger partial charge is 0.253 e. The van der Waals surface area contributed by atoms with Crippen LogP contribution in [0.2, 0.25) is 5.02 Å². The van der Waals surface area contributed by atoms with Gasteiger partial charge in [0.15, 0.2) is 0 Å². The molecule has 1 aromatic rings. The maximum absolute atomic E-state index is 12.3. The molecule has 23 heavy (non-hydrogen) atoms. The van der Waals surface area contributed by atoms with E-state index in [4.69, 9.17) is 17.3 Å². The number of hydrogen-bond acceptors (Lipinski definition) is 3. The Kier molecular flexibility index (Phi) is 6.19. The van der Waals surface area contributed by atoms with Gasteiger partial charge in [-0.25, -0.2) is 0 Å². The summed E-state index contributed by atoms with van der Waals surface area (Å²) in [7, 11) is 0. The van der Waals surface area contributed by atoms with Gasteiger partial charge in [0, 0.05) is 24.2 Å². The van der Waals surface area contributed by atoms with Crippen LogP contribution in [-0.2, 0) is 4.79 Å². The molecule has 0 aromatic heterocycles. The summed E-state index contributed by atoms with van der Waals surface area (Å²) in [6.07, 6.45) is 0.386. The molecule has 1 rings (SSSR count). The number of carbonyl (C=O) groups is 2. The lowest BCUT2D eigenvalue weighted by Crippen LogP contribution is -2.48. The van der Waals surface area contributed by atoms with Crippen molar-refractivity contribution in [3.8, 4) is 0 Å². The minimum atomic E-state index is -0.536. The molecule has 0 radical (unpaired) electrons. The molecule has 5 nitrogen and oxygen atoms in total. The third kappa shape index (κ3) is 6.59. The molecule has 0 bridgehead atoms. The average Bonchev–Trinajstić information content (AvgIpc) is 2.38. The Morgan fingerprint density at radius 3 is 2.30 bits per heavy atom. The van der Waals surface area contributed by atoms with Crippen molar-refractivity contribution in [1.29, 1.82) is 0 Å². The first-order valence-corrected chi connectivity index (χ1v) is 7.93. The normalized spacial score (nSPS) is 12.0. The molecule has 0 heterocycles. The Balaban J connectivity index is 2.91. The van der Waals surface area contributed by atoms with Crippen molar-refractivity contribution in [2.24, 2.45) is 11.1 Å². The van der Waals surface area contributed by atoms with Crippen LogP contribution in [0, 0.1) is 5.41 Å². The van der Waals surface area contributed by atoms with Gasteiger partial charge < -0.3 is 16.4 Å². The van der Waals surface area contributed by atoms with Gasteiger partial charge in [0.1, 0.15) is 0 Å². The number of nitrogens with one attached hydrogen (secondary N) is 2. The Labute approximate surface area is 143 Å². The van der Waals surface area contributed by atoms with Gasteiger partial charge in [-0.15, -0.1) is 0 Å². The molecule has 0 aliphatic rings. The lowest BCUT2D eigenvalue weighted by molar-refractivity contribution is -0.117. The summed E-state index contributed by atoms with van der Waals surface area (Å²) in [4.78, 5) is 24.4. The second-order valence-electron chi connectivity index (χ2n) is 7.52. The molecular formula is C17H26ClN3O2. The monoisotopic (exact) mass is 339 g/mol. The third-order valence-electron chi connectivity index (χ3n) is 3.15. The Hall–Kier alpha value is -1.59. The summed E-state index contributed by atoms with van der Waals surface area (Å²) < 4.78 is 0. The SMILES string of the molecule is CC(C)(C)CC(=O)Nc1ccc(Cl)c(C(=O)NC(C)(C)CN)c1. The fraction of sp³-hybridized carbons (Fsp3) is 0.529. The minimum Gasteiger partial charge on any atom is -0.346 e. The van der Waals surface area contributed by atoms with E-state index in [2.05, 4.69) is 10.6 Å². The maximum atomic E-state index is 12.3. The summed E-state index contributed by atoms with van der Waals surface area (Å²) in [6.45, 7) is 9.92. The molecule has 0 saturated carbocycles. The molecule has 0 fully saturated rings. The lowest BCUT2D eigenvalue weighted by atomic mass is 9.92. The van der Waals surface area contributed by atoms with Crippen molar-refractivity contribution in [2.75, 3.05) is 11.9 Å². The predicted octanol–water partition coefficient (Wildman–Crippen LogP) is 3.18. The summed E-state index contributed by atoms with van der Waals surface area (Å²) in [5, 5.41) is 5.94. The van der Waals surface area contributed by atoms with E-state index in [1.165, 1.54) is 0 Å². The number of amides is 2. The quantitative estimate of drug-likeness (QED) is 0.770. The van der Waals surface area contributed by atoms with E-state index in [-0.39, 0.29) is 17.2 Å². The largest absolute Gasteiger partial charge is 0.346 e. The van der Waals surface area contributed by atoms with Crippen molar-refractivity contribution in [3.05, 3.63) is 28.8 Å². The van der Waals surface area contributed by atoms with E-state index in [9.17, 15) is 9.59 Å². The molecule has 2 amide bonds. The van der Waals surface area contributed by atoms with Crippen LogP contribution in [0.25, 0.3) is 0 Å². The molecule has 1 aromatic carbocycles. The second kappa shape index (κ2) is 7.32. The summed E-state index contributed by atoms with van der Waals surface area (Å²) in [5.41, 5.74) is 5.82. The maximum Gasteiger partial charge on any atom is 0.253 e. The minimum absolute atomic E-state index is 0.103. The number of rotatable bonds is 5. The zero-order valence-corrected chi connectivity index (χ0v) is 15.2. The molecular weight excluding hydrogens is 314 g/mol. The molecule has 0 unspecified atom stereocenters. The van der Waals surface area contributed by atoms with Gasteiger partial charge in [-0.2, -0.15) is 0 Å². The van der Waals surface area contributed by atoms with E-state index < -0.39 is 5.54 Å². The lowest BCUT2D eigenvalue weighted by Gasteiger charge is -2.24. The van der Waals surface area contributed by atoms with E-state index in [0.29, 0.717) is 29.2 Å². The van der Waals surface area contributed by atoms with Crippen molar-refractivity contribution in [3.63, 3.8) is 0 Å². The first-order valence-electron chi connectivity index (χ1n) is 7.55. The van der Waals surface area contributed by atoms with Crippen molar-refractivity contribution in [1.82, 2.24) is 5.32 Å². The van der Waals surface area contributed by atoms with E-state index in [1.807, 2.05) is 34.6 Å². The standard InChI is InChI=1S/C17H26ClN3O2/c1-16(2,3)9-14(22)20-11-6-7-13(18)12(8-11)15(23)21-17(4,5)10-19/h6-8H,9-10,19H2,1-5H3,(H,20,22)(H,21,23). The molecule has 0 aliphatic heterocycles. The highest BCUT2D eigenvalue weighted by Crippen LogP contribution is 2.23. The number of anilines is 1. The highest BCUT2D eigenvalue weighted by molar-refractivity contribution is 6.34. The van der Waals surface area contributed by atoms with Gasteiger partial charge in [-0.1, -0.05) is 32.4 Å². The topological polar surface area (TPSA) is 84.2 Å². The molecule has 0 saturated heterocycles. The highest BCUT2D eigenvalue weighted by atomic mass is 35.5. The Morgan fingerprint density at radius 2 is 1.78 bits per heavy atom. The zero-order chi connectivity index (χ0) is 17.8. The van der Waals surface area contributed by atoms with Crippen LogP contribution < -0.4 is 16.4 Å². The van der Waals surface area contributed by atoms with Crippen molar-refractivity contribution < 1.29 is 9.59 Å². The molecule has 4 N–H and O–H groups in total. The Morgan fingerprint density at radius 1 is 1.17 bits per heavy atom. The van der Waals surface area contributed by atoms with Crippen LogP contribution in [0.15, 0.2) is 18.2 Å². The van der Waals surface area contributed by atoms with E-state index in [0.717, 1.165) is 0 Å². The first kappa shape index (κ1) is 19.5.